The number of hydrogen-bond donors (Lipinski definition) is 1. The van der Waals surface area contributed by atoms with Gasteiger partial charge in [0, 0.05) is 5.56 Å². The van der Waals surface area contributed by atoms with Crippen LogP contribution in [0.1, 0.15) is 20.7 Å². The predicted octanol–water partition coefficient (Wildman–Crippen LogP) is 2.31. The summed E-state index contributed by atoms with van der Waals surface area (Å²) in [7, 11) is 1.30. The minimum atomic E-state index is -0.493. The molecular weight excluding hydrogens is 308 g/mol. The summed E-state index contributed by atoms with van der Waals surface area (Å²) in [5.41, 5.74) is 1.94. The largest absolute Gasteiger partial charge is 0.465 e. The molecule has 0 saturated carbocycles. The molecule has 0 saturated heterocycles. The summed E-state index contributed by atoms with van der Waals surface area (Å²) in [4.78, 5) is 24.1. The van der Waals surface area contributed by atoms with Crippen LogP contribution in [0.2, 0.25) is 0 Å². The quantitative estimate of drug-likeness (QED) is 0.745. The van der Waals surface area contributed by atoms with E-state index in [2.05, 4.69) is 20.4 Å². The number of hydrogen-bond acceptors (Lipinski definition) is 5. The third-order valence-corrected chi connectivity index (χ3v) is 3.37. The molecule has 7 nitrogen and oxygen atoms in total. The molecule has 0 aliphatic heterocycles. The minimum absolute atomic E-state index is 0.315. The van der Waals surface area contributed by atoms with E-state index in [1.54, 1.807) is 47.4 Å². The lowest BCUT2D eigenvalue weighted by Gasteiger charge is -2.11. The van der Waals surface area contributed by atoms with Crippen LogP contribution in [-0.2, 0) is 4.74 Å². The van der Waals surface area contributed by atoms with Crippen molar-refractivity contribution in [1.29, 1.82) is 0 Å². The normalized spacial score (nSPS) is 10.2. The Kier molecular flexibility index (Phi) is 4.33. The Labute approximate surface area is 137 Å². The first-order valence-electron chi connectivity index (χ1n) is 7.14. The molecule has 0 atom stereocenters. The van der Waals surface area contributed by atoms with Crippen LogP contribution in [-0.4, -0.2) is 34.0 Å². The first kappa shape index (κ1) is 15.4. The smallest absolute Gasteiger partial charge is 0.337 e. The Bertz CT molecular complexity index is 875. The van der Waals surface area contributed by atoms with E-state index in [1.807, 2.05) is 12.1 Å². The number of carbonyl (C=O) groups excluding carboxylic acids is 2. The van der Waals surface area contributed by atoms with E-state index < -0.39 is 5.97 Å². The molecule has 1 heterocycles. The average molecular weight is 322 g/mol. The van der Waals surface area contributed by atoms with Gasteiger partial charge in [0.1, 0.15) is 0 Å². The molecule has 0 aliphatic rings. The van der Waals surface area contributed by atoms with E-state index in [0.717, 1.165) is 0 Å². The number of anilines is 1. The van der Waals surface area contributed by atoms with E-state index in [9.17, 15) is 9.59 Å². The van der Waals surface area contributed by atoms with Gasteiger partial charge in [0.25, 0.3) is 5.91 Å². The summed E-state index contributed by atoms with van der Waals surface area (Å²) in [6, 6.07) is 13.6. The Balaban J connectivity index is 1.87. The highest BCUT2D eigenvalue weighted by Crippen LogP contribution is 2.20. The summed E-state index contributed by atoms with van der Waals surface area (Å²) in [5, 5.41) is 10.5. The fraction of sp³-hybridized carbons (Fsp3) is 0.0588. The van der Waals surface area contributed by atoms with Gasteiger partial charge in [-0.05, 0) is 30.3 Å². The van der Waals surface area contributed by atoms with Crippen molar-refractivity contribution in [2.75, 3.05) is 12.4 Å². The number of amides is 1. The van der Waals surface area contributed by atoms with E-state index in [1.165, 1.54) is 13.2 Å². The van der Waals surface area contributed by atoms with Crippen molar-refractivity contribution in [3.8, 4) is 5.69 Å². The highest BCUT2D eigenvalue weighted by molar-refractivity contribution is 6.06. The van der Waals surface area contributed by atoms with Gasteiger partial charge in [-0.25, -0.2) is 9.48 Å². The number of ether oxygens (including phenoxy) is 1. The van der Waals surface area contributed by atoms with Gasteiger partial charge in [-0.3, -0.25) is 4.79 Å². The zero-order valence-electron chi connectivity index (χ0n) is 12.8. The molecule has 1 aromatic heterocycles. The molecule has 2 aromatic carbocycles. The van der Waals surface area contributed by atoms with Gasteiger partial charge < -0.3 is 10.1 Å². The number of methoxy groups -OCH3 is 1. The molecule has 3 rings (SSSR count). The topological polar surface area (TPSA) is 86.1 Å². The summed E-state index contributed by atoms with van der Waals surface area (Å²) in [6.07, 6.45) is 3.24. The van der Waals surface area contributed by atoms with Crippen LogP contribution in [0.5, 0.6) is 0 Å². The van der Waals surface area contributed by atoms with E-state index in [0.29, 0.717) is 22.5 Å². The number of nitrogens with one attached hydrogen (secondary N) is 1. The van der Waals surface area contributed by atoms with E-state index >= 15 is 0 Å². The monoisotopic (exact) mass is 322 g/mol. The van der Waals surface area contributed by atoms with Crippen LogP contribution in [0.4, 0.5) is 5.69 Å². The van der Waals surface area contributed by atoms with E-state index in [-0.39, 0.29) is 5.91 Å². The Morgan fingerprint density at radius 2 is 1.88 bits per heavy atom. The number of para-hydroxylation sites is 2. The van der Waals surface area contributed by atoms with Gasteiger partial charge in [-0.2, -0.15) is 0 Å². The summed E-state index contributed by atoms with van der Waals surface area (Å²) in [6.45, 7) is 0. The maximum absolute atomic E-state index is 12.5. The van der Waals surface area contributed by atoms with Crippen LogP contribution < -0.4 is 5.32 Å². The number of rotatable bonds is 4. The number of benzene rings is 2. The molecule has 0 radical (unpaired) electrons. The first-order chi connectivity index (χ1) is 11.7. The molecule has 120 valence electrons. The van der Waals surface area contributed by atoms with Gasteiger partial charge >= 0.3 is 5.97 Å². The van der Waals surface area contributed by atoms with Crippen molar-refractivity contribution < 1.29 is 14.3 Å². The summed E-state index contributed by atoms with van der Waals surface area (Å²) in [5.74, 6) is -0.832. The molecule has 0 unspecified atom stereocenters. The van der Waals surface area contributed by atoms with Crippen molar-refractivity contribution in [2.24, 2.45) is 0 Å². The number of esters is 1. The molecule has 0 aliphatic carbocycles. The fourth-order valence-electron chi connectivity index (χ4n) is 2.22. The molecule has 7 heteroatoms. The minimum Gasteiger partial charge on any atom is -0.465 e. The van der Waals surface area contributed by atoms with Crippen LogP contribution in [0.3, 0.4) is 0 Å². The Morgan fingerprint density at radius 3 is 2.62 bits per heavy atom. The van der Waals surface area contributed by atoms with Crippen LogP contribution in [0.25, 0.3) is 5.69 Å². The maximum Gasteiger partial charge on any atom is 0.337 e. The van der Waals surface area contributed by atoms with Gasteiger partial charge in [-0.1, -0.05) is 23.4 Å². The molecular formula is C17H14N4O3. The second-order valence-corrected chi connectivity index (χ2v) is 4.89. The van der Waals surface area contributed by atoms with Gasteiger partial charge in [0.15, 0.2) is 0 Å². The lowest BCUT2D eigenvalue weighted by molar-refractivity contribution is 0.0600. The number of nitrogens with zero attached hydrogens (tertiary/aromatic N) is 3. The Morgan fingerprint density at radius 1 is 1.08 bits per heavy atom. The standard InChI is InChI=1S/C17H14N4O3/c1-24-17(23)13-6-4-5-12(11-13)16(22)19-14-7-2-3-8-15(14)21-10-9-18-20-21/h2-11H,1H3,(H,19,22). The molecule has 0 bridgehead atoms. The average Bonchev–Trinajstić information content (AvgIpc) is 3.16. The zero-order valence-corrected chi connectivity index (χ0v) is 12.8. The first-order valence-corrected chi connectivity index (χ1v) is 7.14. The van der Waals surface area contributed by atoms with Crippen LogP contribution in [0, 0.1) is 0 Å². The zero-order chi connectivity index (χ0) is 16.9. The van der Waals surface area contributed by atoms with Crippen LogP contribution >= 0.6 is 0 Å². The molecule has 0 fully saturated rings. The van der Waals surface area contributed by atoms with Gasteiger partial charge in [0.2, 0.25) is 0 Å². The van der Waals surface area contributed by atoms with Crippen molar-refractivity contribution in [1.82, 2.24) is 15.0 Å². The molecule has 24 heavy (non-hydrogen) atoms. The summed E-state index contributed by atoms with van der Waals surface area (Å²) >= 11 is 0. The Hall–Kier alpha value is -3.48. The third-order valence-electron chi connectivity index (χ3n) is 3.37. The van der Waals surface area contributed by atoms with Crippen molar-refractivity contribution in [3.05, 3.63) is 72.1 Å². The maximum atomic E-state index is 12.5. The number of carbonyl (C=O) groups is 2. The third kappa shape index (κ3) is 3.14. The second kappa shape index (κ2) is 6.74. The van der Waals surface area contributed by atoms with Crippen molar-refractivity contribution in [2.45, 2.75) is 0 Å². The highest BCUT2D eigenvalue weighted by atomic mass is 16.5. The van der Waals surface area contributed by atoms with Crippen LogP contribution in [0.15, 0.2) is 60.9 Å². The molecule has 1 amide bonds. The molecule has 1 N–H and O–H groups in total. The van der Waals surface area contributed by atoms with Gasteiger partial charge in [0.05, 0.1) is 36.4 Å². The predicted molar refractivity (Wildman–Crippen MR) is 87.1 cm³/mol. The van der Waals surface area contributed by atoms with Crippen molar-refractivity contribution in [3.63, 3.8) is 0 Å². The number of aromatic nitrogens is 3. The lowest BCUT2D eigenvalue weighted by atomic mass is 10.1. The molecule has 0 spiro atoms. The molecule has 3 aromatic rings. The van der Waals surface area contributed by atoms with E-state index in [4.69, 9.17) is 0 Å². The van der Waals surface area contributed by atoms with Crippen molar-refractivity contribution >= 4 is 17.6 Å². The fourth-order valence-corrected chi connectivity index (χ4v) is 2.22. The lowest BCUT2D eigenvalue weighted by Crippen LogP contribution is -2.15. The highest BCUT2D eigenvalue weighted by Gasteiger charge is 2.13. The SMILES string of the molecule is COC(=O)c1cccc(C(=O)Nc2ccccc2-n2ccnn2)c1. The van der Waals surface area contributed by atoms with Gasteiger partial charge in [-0.15, -0.1) is 5.10 Å². The second-order valence-electron chi connectivity index (χ2n) is 4.89. The summed E-state index contributed by atoms with van der Waals surface area (Å²) < 4.78 is 6.22.